The molecule has 1 heterocycles. The Morgan fingerprint density at radius 1 is 1.22 bits per heavy atom. The Hall–Kier alpha value is -2.16. The summed E-state index contributed by atoms with van der Waals surface area (Å²) in [6.07, 6.45) is 1.63. The van der Waals surface area contributed by atoms with Gasteiger partial charge in [0, 0.05) is 18.6 Å². The highest BCUT2D eigenvalue weighted by Gasteiger charge is 2.36. The van der Waals surface area contributed by atoms with E-state index in [0.29, 0.717) is 16.1 Å². The fourth-order valence-corrected chi connectivity index (χ4v) is 2.22. The molecular formula is C15H17F2N3O3. The lowest BCUT2D eigenvalue weighted by Gasteiger charge is -2.30. The molecular weight excluding hydrogens is 308 g/mol. The molecule has 23 heavy (non-hydrogen) atoms. The number of aromatic nitrogens is 1. The average Bonchev–Trinajstić information content (AvgIpc) is 2.57. The predicted molar refractivity (Wildman–Crippen MR) is 79.1 cm³/mol. The molecule has 0 aliphatic heterocycles. The first-order chi connectivity index (χ1) is 11.0. The first kappa shape index (κ1) is 17.2. The Bertz CT molecular complexity index is 684. The molecule has 1 aromatic heterocycles. The number of alkyl halides is 2. The Kier molecular flexibility index (Phi) is 5.54. The van der Waals surface area contributed by atoms with Gasteiger partial charge in [-0.15, -0.1) is 5.06 Å². The van der Waals surface area contributed by atoms with E-state index >= 15 is 0 Å². The van der Waals surface area contributed by atoms with E-state index in [9.17, 15) is 13.6 Å². The molecule has 8 heteroatoms. The van der Waals surface area contributed by atoms with Crippen LogP contribution in [-0.2, 0) is 14.5 Å². The van der Waals surface area contributed by atoms with E-state index in [1.54, 1.807) is 36.5 Å². The van der Waals surface area contributed by atoms with E-state index in [1.807, 2.05) is 0 Å². The number of pyridine rings is 1. The van der Waals surface area contributed by atoms with E-state index in [2.05, 4.69) is 4.98 Å². The number of carbonyl (C=O) groups is 1. The van der Waals surface area contributed by atoms with Crippen LogP contribution < -0.4 is 0 Å². The van der Waals surface area contributed by atoms with Crippen LogP contribution in [0.4, 0.5) is 8.78 Å². The molecule has 2 aromatic rings. The number of hydroxylamine groups is 4. The van der Waals surface area contributed by atoms with Crippen LogP contribution in [0.1, 0.15) is 11.6 Å². The molecule has 6 nitrogen and oxygen atoms in total. The van der Waals surface area contributed by atoms with Crippen molar-refractivity contribution in [2.24, 2.45) is 0 Å². The maximum Gasteiger partial charge on any atom is 0.316 e. The minimum atomic E-state index is -2.98. The number of carbonyl (C=O) groups excluding carboxylic acids is 1. The van der Waals surface area contributed by atoms with Crippen LogP contribution >= 0.6 is 0 Å². The van der Waals surface area contributed by atoms with Gasteiger partial charge in [0.05, 0.1) is 19.7 Å². The topological polar surface area (TPSA) is 54.9 Å². The lowest BCUT2D eigenvalue weighted by molar-refractivity contribution is -0.266. The zero-order valence-corrected chi connectivity index (χ0v) is 12.9. The van der Waals surface area contributed by atoms with Gasteiger partial charge in [0.2, 0.25) is 0 Å². The zero-order chi connectivity index (χ0) is 17.0. The molecule has 1 amide bonds. The van der Waals surface area contributed by atoms with E-state index in [0.717, 1.165) is 17.6 Å². The van der Waals surface area contributed by atoms with E-state index < -0.39 is 18.5 Å². The Labute approximate surface area is 132 Å². The van der Waals surface area contributed by atoms with Gasteiger partial charge in [-0.05, 0) is 23.8 Å². The summed E-state index contributed by atoms with van der Waals surface area (Å²) < 4.78 is 26.5. The Morgan fingerprint density at radius 2 is 1.96 bits per heavy atom. The van der Waals surface area contributed by atoms with E-state index in [1.165, 1.54) is 14.2 Å². The second-order valence-corrected chi connectivity index (χ2v) is 4.70. The SMILES string of the molecule is CON(C)C(=O)C(c1ccc2ncccc2c1)N(OC)C(F)F. The molecule has 124 valence electrons. The standard InChI is InChI=1S/C15H17F2N3O3/c1-19(22-2)14(21)13(20(23-3)15(16)17)11-6-7-12-10(9-11)5-4-8-18-12/h4-9,13,15H,1-3H3. The van der Waals surface area contributed by atoms with Gasteiger partial charge in [0.25, 0.3) is 5.91 Å². The summed E-state index contributed by atoms with van der Waals surface area (Å²) in [6.45, 7) is -2.98. The number of benzene rings is 1. The normalized spacial score (nSPS) is 12.8. The number of nitrogens with zero attached hydrogens (tertiary/aromatic N) is 3. The van der Waals surface area contributed by atoms with Crippen molar-refractivity contribution in [1.29, 1.82) is 0 Å². The van der Waals surface area contributed by atoms with Crippen LogP contribution in [0.2, 0.25) is 0 Å². The molecule has 0 aliphatic rings. The van der Waals surface area contributed by atoms with Crippen molar-refractivity contribution in [3.05, 3.63) is 42.1 Å². The molecule has 1 aromatic carbocycles. The molecule has 0 fully saturated rings. The van der Waals surface area contributed by atoms with Crippen molar-refractivity contribution in [3.63, 3.8) is 0 Å². The van der Waals surface area contributed by atoms with Gasteiger partial charge in [-0.2, -0.15) is 8.78 Å². The van der Waals surface area contributed by atoms with Crippen LogP contribution in [0.3, 0.4) is 0 Å². The summed E-state index contributed by atoms with van der Waals surface area (Å²) in [4.78, 5) is 26.2. The van der Waals surface area contributed by atoms with Gasteiger partial charge in [-0.3, -0.25) is 19.5 Å². The van der Waals surface area contributed by atoms with Gasteiger partial charge < -0.3 is 0 Å². The second kappa shape index (κ2) is 7.40. The van der Waals surface area contributed by atoms with Gasteiger partial charge in [0.1, 0.15) is 6.04 Å². The molecule has 0 radical (unpaired) electrons. The van der Waals surface area contributed by atoms with Crippen molar-refractivity contribution in [2.45, 2.75) is 12.6 Å². The minimum absolute atomic E-state index is 0.329. The molecule has 0 saturated carbocycles. The van der Waals surface area contributed by atoms with Crippen molar-refractivity contribution in [1.82, 2.24) is 15.1 Å². The van der Waals surface area contributed by atoms with E-state index in [4.69, 9.17) is 9.68 Å². The molecule has 0 N–H and O–H groups in total. The summed E-state index contributed by atoms with van der Waals surface area (Å²) >= 11 is 0. The molecule has 0 saturated heterocycles. The smallest absolute Gasteiger partial charge is 0.296 e. The molecule has 0 aliphatic carbocycles. The Balaban J connectivity index is 2.51. The molecule has 1 unspecified atom stereocenters. The summed E-state index contributed by atoms with van der Waals surface area (Å²) in [5.41, 5.74) is 1.05. The minimum Gasteiger partial charge on any atom is -0.296 e. The first-order valence-electron chi connectivity index (χ1n) is 6.76. The largest absolute Gasteiger partial charge is 0.316 e. The second-order valence-electron chi connectivity index (χ2n) is 4.70. The zero-order valence-electron chi connectivity index (χ0n) is 12.9. The number of amides is 1. The highest BCUT2D eigenvalue weighted by molar-refractivity contribution is 5.85. The highest BCUT2D eigenvalue weighted by Crippen LogP contribution is 2.28. The highest BCUT2D eigenvalue weighted by atomic mass is 19.3. The lowest BCUT2D eigenvalue weighted by Crippen LogP contribution is -2.42. The summed E-state index contributed by atoms with van der Waals surface area (Å²) in [6, 6.07) is 7.02. The predicted octanol–water partition coefficient (Wildman–Crippen LogP) is 2.38. The number of halogens is 2. The van der Waals surface area contributed by atoms with Crippen LogP contribution in [0.15, 0.2) is 36.5 Å². The number of hydrogen-bond donors (Lipinski definition) is 0. The van der Waals surface area contributed by atoms with Gasteiger partial charge >= 0.3 is 6.55 Å². The molecule has 1 atom stereocenters. The third-order valence-electron chi connectivity index (χ3n) is 3.42. The molecule has 0 bridgehead atoms. The number of rotatable bonds is 6. The van der Waals surface area contributed by atoms with Gasteiger partial charge in [-0.1, -0.05) is 12.1 Å². The summed E-state index contributed by atoms with van der Waals surface area (Å²) in [5, 5.41) is 1.94. The van der Waals surface area contributed by atoms with Gasteiger partial charge in [-0.25, -0.2) is 5.06 Å². The number of fused-ring (bicyclic) bond motifs is 1. The van der Waals surface area contributed by atoms with Crippen molar-refractivity contribution in [2.75, 3.05) is 21.3 Å². The third-order valence-corrected chi connectivity index (χ3v) is 3.42. The van der Waals surface area contributed by atoms with Crippen LogP contribution in [0, 0.1) is 0 Å². The average molecular weight is 325 g/mol. The summed E-state index contributed by atoms with van der Waals surface area (Å²) in [7, 11) is 3.71. The quantitative estimate of drug-likeness (QED) is 0.603. The fourth-order valence-electron chi connectivity index (χ4n) is 2.22. The Morgan fingerprint density at radius 3 is 2.57 bits per heavy atom. The van der Waals surface area contributed by atoms with Crippen LogP contribution in [0.5, 0.6) is 0 Å². The van der Waals surface area contributed by atoms with Crippen LogP contribution in [-0.4, -0.2) is 48.8 Å². The lowest BCUT2D eigenvalue weighted by atomic mass is 10.0. The van der Waals surface area contributed by atoms with Gasteiger partial charge in [0.15, 0.2) is 0 Å². The monoisotopic (exact) mass is 325 g/mol. The van der Waals surface area contributed by atoms with Crippen LogP contribution in [0.25, 0.3) is 10.9 Å². The molecule has 0 spiro atoms. The maximum atomic E-state index is 13.3. The fraction of sp³-hybridized carbons (Fsp3) is 0.333. The number of likely N-dealkylation sites (N-methyl/N-ethyl adjacent to an activating group) is 1. The summed E-state index contributed by atoms with van der Waals surface area (Å²) in [5.74, 6) is -0.683. The molecule has 2 rings (SSSR count). The van der Waals surface area contributed by atoms with Crippen molar-refractivity contribution < 1.29 is 23.3 Å². The third kappa shape index (κ3) is 3.61. The number of hydrogen-bond acceptors (Lipinski definition) is 5. The van der Waals surface area contributed by atoms with E-state index in [-0.39, 0.29) is 0 Å². The maximum absolute atomic E-state index is 13.3. The van der Waals surface area contributed by atoms with Crippen molar-refractivity contribution in [3.8, 4) is 0 Å². The van der Waals surface area contributed by atoms with Crippen molar-refractivity contribution >= 4 is 16.8 Å². The first-order valence-corrected chi connectivity index (χ1v) is 6.76.